The maximum absolute atomic E-state index is 11.0. The molecule has 3 heteroatoms. The largest absolute Gasteiger partial charge is 0.303 e. The molecule has 2 nitrogen and oxygen atoms in total. The van der Waals surface area contributed by atoms with E-state index in [1.807, 2.05) is 6.92 Å². The van der Waals surface area contributed by atoms with Gasteiger partial charge < -0.3 is 9.69 Å². The van der Waals surface area contributed by atoms with Crippen molar-refractivity contribution in [3.05, 3.63) is 22.4 Å². The highest BCUT2D eigenvalue weighted by Crippen LogP contribution is 2.20. The van der Waals surface area contributed by atoms with Gasteiger partial charge in [-0.3, -0.25) is 0 Å². The second-order valence-corrected chi connectivity index (χ2v) is 5.21. The molecule has 0 saturated heterocycles. The first-order valence-electron chi connectivity index (χ1n) is 5.25. The zero-order valence-electron chi connectivity index (χ0n) is 9.69. The van der Waals surface area contributed by atoms with Crippen LogP contribution in [-0.4, -0.2) is 24.8 Å². The van der Waals surface area contributed by atoms with Crippen molar-refractivity contribution in [1.29, 1.82) is 0 Å². The molecule has 1 rings (SSSR count). The number of aldehydes is 1. The molecule has 0 radical (unpaired) electrons. The molecule has 0 saturated carbocycles. The summed E-state index contributed by atoms with van der Waals surface area (Å²) in [5, 5.41) is 4.24. The Morgan fingerprint density at radius 2 is 2.33 bits per heavy atom. The van der Waals surface area contributed by atoms with E-state index in [0.717, 1.165) is 25.8 Å². The highest BCUT2D eigenvalue weighted by molar-refractivity contribution is 7.07. The van der Waals surface area contributed by atoms with Crippen molar-refractivity contribution in [2.45, 2.75) is 26.8 Å². The van der Waals surface area contributed by atoms with Crippen LogP contribution in [0.25, 0.3) is 0 Å². The Morgan fingerprint density at radius 1 is 1.60 bits per heavy atom. The minimum Gasteiger partial charge on any atom is -0.303 e. The summed E-state index contributed by atoms with van der Waals surface area (Å²) in [5.41, 5.74) is 1.12. The van der Waals surface area contributed by atoms with Crippen LogP contribution in [0.5, 0.6) is 0 Å². The van der Waals surface area contributed by atoms with E-state index in [9.17, 15) is 4.79 Å². The average Bonchev–Trinajstić information content (AvgIpc) is 2.70. The Kier molecular flexibility index (Phi) is 4.48. The number of thiophene rings is 1. The Labute approximate surface area is 95.9 Å². The highest BCUT2D eigenvalue weighted by Gasteiger charge is 2.22. The standard InChI is InChI=1S/C12H19NOS/c1-4-12(2,10-14)9-13(3)7-11-5-6-15-8-11/h5-6,8,10H,4,7,9H2,1-3H3. The average molecular weight is 225 g/mol. The monoisotopic (exact) mass is 225 g/mol. The Bertz CT molecular complexity index is 297. The molecule has 1 aromatic heterocycles. The molecule has 1 unspecified atom stereocenters. The summed E-state index contributed by atoms with van der Waals surface area (Å²) in [6.07, 6.45) is 1.97. The lowest BCUT2D eigenvalue weighted by Crippen LogP contribution is -2.33. The molecule has 0 bridgehead atoms. The maximum atomic E-state index is 11.0. The highest BCUT2D eigenvalue weighted by atomic mass is 32.1. The van der Waals surface area contributed by atoms with Gasteiger partial charge in [-0.05, 0) is 35.9 Å². The molecular formula is C12H19NOS. The summed E-state index contributed by atoms with van der Waals surface area (Å²) in [4.78, 5) is 13.2. The third-order valence-electron chi connectivity index (χ3n) is 2.76. The molecule has 0 spiro atoms. The summed E-state index contributed by atoms with van der Waals surface area (Å²) in [5.74, 6) is 0. The predicted molar refractivity (Wildman–Crippen MR) is 65.1 cm³/mol. The van der Waals surface area contributed by atoms with Gasteiger partial charge in [0.05, 0.1) is 0 Å². The third kappa shape index (κ3) is 3.76. The van der Waals surface area contributed by atoms with Crippen molar-refractivity contribution >= 4 is 17.6 Å². The fraction of sp³-hybridized carbons (Fsp3) is 0.583. The molecule has 15 heavy (non-hydrogen) atoms. The lowest BCUT2D eigenvalue weighted by Gasteiger charge is -2.27. The van der Waals surface area contributed by atoms with Crippen LogP contribution < -0.4 is 0 Å². The van der Waals surface area contributed by atoms with E-state index in [4.69, 9.17) is 0 Å². The van der Waals surface area contributed by atoms with Crippen LogP contribution in [0, 0.1) is 5.41 Å². The second-order valence-electron chi connectivity index (χ2n) is 4.43. The van der Waals surface area contributed by atoms with Crippen LogP contribution in [0.2, 0.25) is 0 Å². The van der Waals surface area contributed by atoms with Crippen LogP contribution >= 0.6 is 11.3 Å². The van der Waals surface area contributed by atoms with Crippen molar-refractivity contribution in [3.8, 4) is 0 Å². The van der Waals surface area contributed by atoms with Crippen molar-refractivity contribution < 1.29 is 4.79 Å². The Balaban J connectivity index is 2.48. The minimum absolute atomic E-state index is 0.204. The summed E-state index contributed by atoms with van der Waals surface area (Å²) in [6, 6.07) is 2.13. The van der Waals surface area contributed by atoms with Gasteiger partial charge >= 0.3 is 0 Å². The van der Waals surface area contributed by atoms with Gasteiger partial charge in [0, 0.05) is 18.5 Å². The number of carbonyl (C=O) groups is 1. The van der Waals surface area contributed by atoms with Crippen LogP contribution in [0.4, 0.5) is 0 Å². The van der Waals surface area contributed by atoms with Crippen molar-refractivity contribution in [1.82, 2.24) is 4.90 Å². The van der Waals surface area contributed by atoms with Gasteiger partial charge in [0.15, 0.2) is 0 Å². The van der Waals surface area contributed by atoms with Gasteiger partial charge in [0.1, 0.15) is 6.29 Å². The smallest absolute Gasteiger partial charge is 0.127 e. The Hall–Kier alpha value is -0.670. The summed E-state index contributed by atoms with van der Waals surface area (Å²) in [7, 11) is 2.06. The van der Waals surface area contributed by atoms with Gasteiger partial charge in [0.25, 0.3) is 0 Å². The van der Waals surface area contributed by atoms with Gasteiger partial charge in [-0.1, -0.05) is 13.8 Å². The number of hydrogen-bond acceptors (Lipinski definition) is 3. The maximum Gasteiger partial charge on any atom is 0.127 e. The zero-order valence-corrected chi connectivity index (χ0v) is 10.5. The van der Waals surface area contributed by atoms with E-state index >= 15 is 0 Å². The lowest BCUT2D eigenvalue weighted by atomic mass is 9.89. The van der Waals surface area contributed by atoms with Crippen LogP contribution in [0.3, 0.4) is 0 Å². The lowest BCUT2D eigenvalue weighted by molar-refractivity contribution is -0.116. The molecule has 0 aliphatic carbocycles. The molecule has 0 amide bonds. The fourth-order valence-corrected chi connectivity index (χ4v) is 2.26. The zero-order chi connectivity index (χ0) is 11.3. The van der Waals surface area contributed by atoms with E-state index < -0.39 is 0 Å². The predicted octanol–water partition coefficient (Wildman–Crippen LogP) is 2.80. The van der Waals surface area contributed by atoms with Crippen LogP contribution in [-0.2, 0) is 11.3 Å². The SMILES string of the molecule is CCC(C)(C=O)CN(C)Cc1ccsc1. The normalized spacial score (nSPS) is 15.2. The van der Waals surface area contributed by atoms with E-state index in [0.29, 0.717) is 0 Å². The topological polar surface area (TPSA) is 20.3 Å². The first-order valence-corrected chi connectivity index (χ1v) is 6.20. The molecule has 1 aromatic rings. The van der Waals surface area contributed by atoms with Crippen LogP contribution in [0.15, 0.2) is 16.8 Å². The number of rotatable bonds is 6. The van der Waals surface area contributed by atoms with Crippen molar-refractivity contribution in [2.24, 2.45) is 5.41 Å². The van der Waals surface area contributed by atoms with Crippen molar-refractivity contribution in [2.75, 3.05) is 13.6 Å². The molecule has 1 heterocycles. The van der Waals surface area contributed by atoms with Gasteiger partial charge in [0.2, 0.25) is 0 Å². The van der Waals surface area contributed by atoms with Gasteiger partial charge in [-0.25, -0.2) is 0 Å². The van der Waals surface area contributed by atoms with Crippen molar-refractivity contribution in [3.63, 3.8) is 0 Å². The second kappa shape index (κ2) is 5.42. The molecule has 0 N–H and O–H groups in total. The first kappa shape index (κ1) is 12.4. The fourth-order valence-electron chi connectivity index (χ4n) is 1.60. The van der Waals surface area contributed by atoms with E-state index in [2.05, 4.69) is 35.7 Å². The molecule has 0 aliphatic rings. The summed E-state index contributed by atoms with van der Waals surface area (Å²) < 4.78 is 0. The molecule has 1 atom stereocenters. The molecule has 0 fully saturated rings. The van der Waals surface area contributed by atoms with E-state index in [-0.39, 0.29) is 5.41 Å². The minimum atomic E-state index is -0.204. The summed E-state index contributed by atoms with van der Waals surface area (Å²) >= 11 is 1.71. The quantitative estimate of drug-likeness (QED) is 0.694. The Morgan fingerprint density at radius 3 is 2.80 bits per heavy atom. The number of nitrogens with zero attached hydrogens (tertiary/aromatic N) is 1. The van der Waals surface area contributed by atoms with E-state index in [1.165, 1.54) is 5.56 Å². The summed E-state index contributed by atoms with van der Waals surface area (Å²) in [6.45, 7) is 5.83. The van der Waals surface area contributed by atoms with E-state index in [1.54, 1.807) is 11.3 Å². The van der Waals surface area contributed by atoms with Crippen LogP contribution in [0.1, 0.15) is 25.8 Å². The third-order valence-corrected chi connectivity index (χ3v) is 3.49. The molecule has 0 aliphatic heterocycles. The number of carbonyl (C=O) groups excluding carboxylic acids is 1. The number of hydrogen-bond donors (Lipinski definition) is 0. The molecular weight excluding hydrogens is 206 g/mol. The molecule has 84 valence electrons. The van der Waals surface area contributed by atoms with Gasteiger partial charge in [-0.2, -0.15) is 11.3 Å². The first-order chi connectivity index (χ1) is 7.09. The molecule has 0 aromatic carbocycles. The van der Waals surface area contributed by atoms with Gasteiger partial charge in [-0.15, -0.1) is 0 Å².